The molecule has 0 aromatic carbocycles. The minimum Gasteiger partial charge on any atom is -0.444 e. The van der Waals surface area contributed by atoms with E-state index in [0.717, 1.165) is 25.9 Å². The maximum Gasteiger partial charge on any atom is 0.410 e. The van der Waals surface area contributed by atoms with Crippen LogP contribution < -0.4 is 5.32 Å². The van der Waals surface area contributed by atoms with Gasteiger partial charge in [0.1, 0.15) is 5.60 Å². The monoisotopic (exact) mass is 341 g/mol. The molecule has 1 N–H and O–H groups in total. The van der Waals surface area contributed by atoms with Crippen LogP contribution in [0, 0.1) is 0 Å². The van der Waals surface area contributed by atoms with Crippen molar-refractivity contribution in [1.29, 1.82) is 0 Å². The highest BCUT2D eigenvalue weighted by Crippen LogP contribution is 2.17. The molecule has 0 spiro atoms. The first kappa shape index (κ1) is 18.2. The van der Waals surface area contributed by atoms with Gasteiger partial charge in [0.2, 0.25) is 0 Å². The first-order valence-corrected chi connectivity index (χ1v) is 8.99. The Morgan fingerprint density at radius 2 is 2.17 bits per heavy atom. The smallest absolute Gasteiger partial charge is 0.410 e. The first-order valence-electron chi connectivity index (χ1n) is 8.11. The van der Waals surface area contributed by atoms with Crippen molar-refractivity contribution in [2.45, 2.75) is 51.9 Å². The lowest BCUT2D eigenvalue weighted by atomic mass is 10.1. The van der Waals surface area contributed by atoms with Crippen LogP contribution in [0.5, 0.6) is 0 Å². The molecule has 1 aliphatic rings. The second kappa shape index (κ2) is 8.61. The van der Waals surface area contributed by atoms with E-state index in [9.17, 15) is 4.79 Å². The number of likely N-dealkylation sites (tertiary alicyclic amines) is 1. The quantitative estimate of drug-likeness (QED) is 0.806. The molecule has 1 aromatic heterocycles. The van der Waals surface area contributed by atoms with Crippen LogP contribution in [0.1, 0.15) is 38.5 Å². The van der Waals surface area contributed by atoms with Gasteiger partial charge < -0.3 is 19.7 Å². The van der Waals surface area contributed by atoms with Crippen LogP contribution in [-0.4, -0.2) is 53.9 Å². The SMILES string of the molecule is CC(C)(C)OC(=O)N1CCC(OCCNCc2cncs2)CC1. The van der Waals surface area contributed by atoms with Crippen LogP contribution in [0.25, 0.3) is 0 Å². The third kappa shape index (κ3) is 6.85. The van der Waals surface area contributed by atoms with E-state index in [-0.39, 0.29) is 12.2 Å². The number of hydrogen-bond acceptors (Lipinski definition) is 6. The van der Waals surface area contributed by atoms with Crippen LogP contribution in [0.4, 0.5) is 4.79 Å². The van der Waals surface area contributed by atoms with Gasteiger partial charge in [-0.1, -0.05) is 0 Å². The lowest BCUT2D eigenvalue weighted by molar-refractivity contribution is -0.0104. The summed E-state index contributed by atoms with van der Waals surface area (Å²) < 4.78 is 11.3. The predicted octanol–water partition coefficient (Wildman–Crippen LogP) is 2.65. The Kier molecular flexibility index (Phi) is 6.80. The lowest BCUT2D eigenvalue weighted by Crippen LogP contribution is -2.43. The molecule has 0 aliphatic carbocycles. The van der Waals surface area contributed by atoms with Gasteiger partial charge in [0.25, 0.3) is 0 Å². The van der Waals surface area contributed by atoms with E-state index in [2.05, 4.69) is 10.3 Å². The molecule has 1 amide bonds. The number of carbonyl (C=O) groups excluding carboxylic acids is 1. The summed E-state index contributed by atoms with van der Waals surface area (Å²) in [5.41, 5.74) is 1.40. The zero-order valence-electron chi connectivity index (χ0n) is 14.2. The summed E-state index contributed by atoms with van der Waals surface area (Å²) in [5.74, 6) is 0. The van der Waals surface area contributed by atoms with Crippen molar-refractivity contribution < 1.29 is 14.3 Å². The molecule has 130 valence electrons. The number of nitrogens with zero attached hydrogens (tertiary/aromatic N) is 2. The number of piperidine rings is 1. The molecule has 6 nitrogen and oxygen atoms in total. The van der Waals surface area contributed by atoms with Crippen molar-refractivity contribution in [2.24, 2.45) is 0 Å². The molecule has 1 aromatic rings. The second-order valence-electron chi connectivity index (χ2n) is 6.68. The molecular formula is C16H27N3O3S. The molecule has 1 fully saturated rings. The minimum absolute atomic E-state index is 0.220. The molecule has 0 atom stereocenters. The average Bonchev–Trinajstić information content (AvgIpc) is 2.99. The van der Waals surface area contributed by atoms with Gasteiger partial charge in [0.05, 0.1) is 18.2 Å². The van der Waals surface area contributed by atoms with Crippen LogP contribution in [0.15, 0.2) is 11.7 Å². The average molecular weight is 341 g/mol. The summed E-state index contributed by atoms with van der Waals surface area (Å²) in [4.78, 5) is 19.0. The first-order chi connectivity index (χ1) is 10.9. The molecule has 1 aliphatic heterocycles. The van der Waals surface area contributed by atoms with Crippen molar-refractivity contribution in [2.75, 3.05) is 26.2 Å². The fourth-order valence-corrected chi connectivity index (χ4v) is 2.93. The Hall–Kier alpha value is -1.18. The van der Waals surface area contributed by atoms with Gasteiger partial charge in [0, 0.05) is 37.3 Å². The molecular weight excluding hydrogens is 314 g/mol. The second-order valence-corrected chi connectivity index (χ2v) is 7.65. The Labute approximate surface area is 142 Å². The summed E-state index contributed by atoms with van der Waals surface area (Å²) in [6.07, 6.45) is 3.63. The molecule has 0 bridgehead atoms. The molecule has 1 saturated heterocycles. The largest absolute Gasteiger partial charge is 0.444 e. The molecule has 2 rings (SSSR count). The zero-order valence-corrected chi connectivity index (χ0v) is 15.0. The minimum atomic E-state index is -0.436. The van der Waals surface area contributed by atoms with Gasteiger partial charge in [-0.05, 0) is 33.6 Å². The van der Waals surface area contributed by atoms with Crippen LogP contribution in [0.3, 0.4) is 0 Å². The highest BCUT2D eigenvalue weighted by molar-refractivity contribution is 7.09. The van der Waals surface area contributed by atoms with E-state index >= 15 is 0 Å². The highest BCUT2D eigenvalue weighted by Gasteiger charge is 2.26. The lowest BCUT2D eigenvalue weighted by Gasteiger charge is -2.33. The van der Waals surface area contributed by atoms with Gasteiger partial charge in [-0.15, -0.1) is 11.3 Å². The topological polar surface area (TPSA) is 63.7 Å². The molecule has 2 heterocycles. The summed E-state index contributed by atoms with van der Waals surface area (Å²) in [6, 6.07) is 0. The van der Waals surface area contributed by atoms with E-state index < -0.39 is 5.60 Å². The third-order valence-corrected chi connectivity index (χ3v) is 4.29. The van der Waals surface area contributed by atoms with Crippen molar-refractivity contribution in [3.8, 4) is 0 Å². The van der Waals surface area contributed by atoms with Crippen molar-refractivity contribution >= 4 is 17.4 Å². The van der Waals surface area contributed by atoms with Gasteiger partial charge in [-0.2, -0.15) is 0 Å². The number of rotatable bonds is 6. The summed E-state index contributed by atoms with van der Waals surface area (Å²) in [5, 5.41) is 3.34. The van der Waals surface area contributed by atoms with Gasteiger partial charge >= 0.3 is 6.09 Å². The predicted molar refractivity (Wildman–Crippen MR) is 90.6 cm³/mol. The zero-order chi connectivity index (χ0) is 16.7. The maximum absolute atomic E-state index is 12.0. The van der Waals surface area contributed by atoms with E-state index in [1.807, 2.05) is 32.5 Å². The molecule has 7 heteroatoms. The third-order valence-electron chi connectivity index (χ3n) is 3.51. The Bertz CT molecular complexity index is 465. The number of hydrogen-bond donors (Lipinski definition) is 1. The van der Waals surface area contributed by atoms with Crippen LogP contribution >= 0.6 is 11.3 Å². The molecule has 0 saturated carbocycles. The van der Waals surface area contributed by atoms with Gasteiger partial charge in [0.15, 0.2) is 0 Å². The number of amides is 1. The highest BCUT2D eigenvalue weighted by atomic mass is 32.1. The normalized spacial score (nSPS) is 16.6. The van der Waals surface area contributed by atoms with E-state index in [0.29, 0.717) is 19.7 Å². The van der Waals surface area contributed by atoms with E-state index in [4.69, 9.17) is 9.47 Å². The number of ether oxygens (including phenoxy) is 2. The number of aromatic nitrogens is 1. The maximum atomic E-state index is 12.0. The Morgan fingerprint density at radius 1 is 1.43 bits per heavy atom. The van der Waals surface area contributed by atoms with Crippen molar-refractivity contribution in [3.63, 3.8) is 0 Å². The molecule has 0 radical (unpaired) electrons. The number of thiazole rings is 1. The van der Waals surface area contributed by atoms with Crippen LogP contribution in [-0.2, 0) is 16.0 Å². The van der Waals surface area contributed by atoms with E-state index in [1.54, 1.807) is 16.2 Å². The number of nitrogens with one attached hydrogen (secondary N) is 1. The summed E-state index contributed by atoms with van der Waals surface area (Å²) in [7, 11) is 0. The molecule has 0 unspecified atom stereocenters. The summed E-state index contributed by atoms with van der Waals surface area (Å²) in [6.45, 7) is 9.42. The van der Waals surface area contributed by atoms with E-state index in [1.165, 1.54) is 4.88 Å². The Balaban J connectivity index is 1.55. The van der Waals surface area contributed by atoms with Crippen molar-refractivity contribution in [1.82, 2.24) is 15.2 Å². The fraction of sp³-hybridized carbons (Fsp3) is 0.750. The summed E-state index contributed by atoms with van der Waals surface area (Å²) >= 11 is 1.65. The Morgan fingerprint density at radius 3 is 2.78 bits per heavy atom. The van der Waals surface area contributed by atoms with Gasteiger partial charge in [-0.25, -0.2) is 4.79 Å². The fourth-order valence-electron chi connectivity index (χ4n) is 2.37. The van der Waals surface area contributed by atoms with Gasteiger partial charge in [-0.3, -0.25) is 4.98 Å². The standard InChI is InChI=1S/C16H27N3O3S/c1-16(2,3)22-15(20)19-7-4-13(5-8-19)21-9-6-17-10-14-11-18-12-23-14/h11-13,17H,4-10H2,1-3H3. The molecule has 23 heavy (non-hydrogen) atoms. The van der Waals surface area contributed by atoms with Crippen LogP contribution in [0.2, 0.25) is 0 Å². The number of carbonyl (C=O) groups is 1. The van der Waals surface area contributed by atoms with Crippen molar-refractivity contribution in [3.05, 3.63) is 16.6 Å².